The highest BCUT2D eigenvalue weighted by Gasteiger charge is 2.30. The maximum atomic E-state index is 13.3. The van der Waals surface area contributed by atoms with E-state index in [1.54, 1.807) is 16.2 Å². The van der Waals surface area contributed by atoms with Gasteiger partial charge in [0.1, 0.15) is 6.54 Å². The molecule has 0 saturated heterocycles. The number of urea groups is 1. The van der Waals surface area contributed by atoms with Crippen LogP contribution >= 0.6 is 11.3 Å². The van der Waals surface area contributed by atoms with E-state index in [1.165, 1.54) is 0 Å². The van der Waals surface area contributed by atoms with Crippen molar-refractivity contribution < 1.29 is 9.59 Å². The van der Waals surface area contributed by atoms with Crippen LogP contribution in [0.4, 0.5) is 4.79 Å². The lowest BCUT2D eigenvalue weighted by Gasteiger charge is -2.30. The SMILES string of the molecule is CC(C)(C)NC(=O)N(CC(=O)N(Cc1ccccc1)Cc1cccs1)CC1CC1. The Balaban J connectivity index is 1.72. The van der Waals surface area contributed by atoms with E-state index in [1.807, 2.05) is 73.5 Å². The Hall–Kier alpha value is -2.34. The summed E-state index contributed by atoms with van der Waals surface area (Å²) in [7, 11) is 0. The van der Waals surface area contributed by atoms with Gasteiger partial charge in [0.05, 0.1) is 6.54 Å². The summed E-state index contributed by atoms with van der Waals surface area (Å²) in [6.45, 7) is 7.73. The van der Waals surface area contributed by atoms with Crippen molar-refractivity contribution in [3.05, 3.63) is 58.3 Å². The third-order valence-corrected chi connectivity index (χ3v) is 5.63. The molecule has 156 valence electrons. The standard InChI is InChI=1S/C23H31N3O2S/c1-23(2,3)24-22(28)26(15-19-11-12-19)17-21(27)25(16-20-10-7-13-29-20)14-18-8-5-4-6-9-18/h4-10,13,19H,11-12,14-17H2,1-3H3,(H,24,28). The van der Waals surface area contributed by atoms with Crippen LogP contribution in [0.5, 0.6) is 0 Å². The zero-order chi connectivity index (χ0) is 20.9. The highest BCUT2D eigenvalue weighted by molar-refractivity contribution is 7.09. The highest BCUT2D eigenvalue weighted by Crippen LogP contribution is 2.30. The minimum absolute atomic E-state index is 0.0213. The first-order valence-electron chi connectivity index (χ1n) is 10.2. The number of rotatable bonds is 8. The molecule has 29 heavy (non-hydrogen) atoms. The van der Waals surface area contributed by atoms with Crippen molar-refractivity contribution in [1.82, 2.24) is 15.1 Å². The van der Waals surface area contributed by atoms with Crippen molar-refractivity contribution in [2.75, 3.05) is 13.1 Å². The number of benzene rings is 1. The van der Waals surface area contributed by atoms with Crippen molar-refractivity contribution >= 4 is 23.3 Å². The number of hydrogen-bond donors (Lipinski definition) is 1. The number of nitrogens with one attached hydrogen (secondary N) is 1. The topological polar surface area (TPSA) is 52.7 Å². The summed E-state index contributed by atoms with van der Waals surface area (Å²) in [6, 6.07) is 13.9. The fraction of sp³-hybridized carbons (Fsp3) is 0.478. The van der Waals surface area contributed by atoms with Gasteiger partial charge in [0.15, 0.2) is 0 Å². The van der Waals surface area contributed by atoms with Crippen molar-refractivity contribution in [3.63, 3.8) is 0 Å². The van der Waals surface area contributed by atoms with Gasteiger partial charge in [-0.1, -0.05) is 36.4 Å². The second kappa shape index (κ2) is 9.44. The van der Waals surface area contributed by atoms with E-state index in [2.05, 4.69) is 5.32 Å². The van der Waals surface area contributed by atoms with E-state index in [0.29, 0.717) is 25.6 Å². The molecule has 2 aromatic rings. The number of amides is 3. The molecule has 1 saturated carbocycles. The predicted octanol–water partition coefficient (Wildman–Crippen LogP) is 4.50. The van der Waals surface area contributed by atoms with Gasteiger partial charge >= 0.3 is 6.03 Å². The van der Waals surface area contributed by atoms with Gasteiger partial charge in [0, 0.05) is 23.5 Å². The van der Waals surface area contributed by atoms with Gasteiger partial charge in [-0.3, -0.25) is 4.79 Å². The second-order valence-electron chi connectivity index (χ2n) is 8.82. The van der Waals surface area contributed by atoms with Crippen LogP contribution < -0.4 is 5.32 Å². The number of carbonyl (C=O) groups excluding carboxylic acids is 2. The van der Waals surface area contributed by atoms with Crippen LogP contribution in [-0.4, -0.2) is 40.4 Å². The molecule has 1 N–H and O–H groups in total. The van der Waals surface area contributed by atoms with Crippen LogP contribution in [0.3, 0.4) is 0 Å². The van der Waals surface area contributed by atoms with Gasteiger partial charge in [-0.15, -0.1) is 11.3 Å². The van der Waals surface area contributed by atoms with Crippen LogP contribution in [0.25, 0.3) is 0 Å². The lowest BCUT2D eigenvalue weighted by atomic mass is 10.1. The summed E-state index contributed by atoms with van der Waals surface area (Å²) in [5, 5.41) is 5.03. The molecular weight excluding hydrogens is 382 g/mol. The van der Waals surface area contributed by atoms with Crippen molar-refractivity contribution in [2.45, 2.75) is 52.2 Å². The van der Waals surface area contributed by atoms with Gasteiger partial charge in [-0.25, -0.2) is 4.79 Å². The number of hydrogen-bond acceptors (Lipinski definition) is 3. The first-order chi connectivity index (χ1) is 13.8. The van der Waals surface area contributed by atoms with Crippen LogP contribution in [0.1, 0.15) is 44.1 Å². The number of nitrogens with zero attached hydrogens (tertiary/aromatic N) is 2. The second-order valence-corrected chi connectivity index (χ2v) is 9.85. The third-order valence-electron chi connectivity index (χ3n) is 4.77. The number of carbonyl (C=O) groups is 2. The molecule has 0 bridgehead atoms. The third kappa shape index (κ3) is 7.20. The molecule has 0 radical (unpaired) electrons. The largest absolute Gasteiger partial charge is 0.333 e. The molecule has 1 aromatic carbocycles. The first-order valence-corrected chi connectivity index (χ1v) is 11.1. The van der Waals surface area contributed by atoms with Crippen LogP contribution in [0.2, 0.25) is 0 Å². The molecule has 1 aliphatic rings. The Bertz CT molecular complexity index is 795. The van der Waals surface area contributed by atoms with E-state index >= 15 is 0 Å². The van der Waals surface area contributed by atoms with Crippen LogP contribution in [0.15, 0.2) is 47.8 Å². The molecule has 1 aromatic heterocycles. The summed E-state index contributed by atoms with van der Waals surface area (Å²) in [5.74, 6) is 0.500. The minimum Gasteiger partial charge on any atom is -0.333 e. The summed E-state index contributed by atoms with van der Waals surface area (Å²) >= 11 is 1.65. The van der Waals surface area contributed by atoms with Gasteiger partial charge < -0.3 is 15.1 Å². The molecule has 1 aliphatic carbocycles. The summed E-state index contributed by atoms with van der Waals surface area (Å²) < 4.78 is 0. The summed E-state index contributed by atoms with van der Waals surface area (Å²) in [6.07, 6.45) is 2.27. The Labute approximate surface area is 177 Å². The Morgan fingerprint density at radius 3 is 2.34 bits per heavy atom. The Morgan fingerprint density at radius 2 is 1.76 bits per heavy atom. The fourth-order valence-electron chi connectivity index (χ4n) is 3.12. The zero-order valence-electron chi connectivity index (χ0n) is 17.6. The molecule has 3 rings (SSSR count). The maximum absolute atomic E-state index is 13.3. The molecule has 0 aliphatic heterocycles. The average Bonchev–Trinajstić information content (AvgIpc) is 3.32. The van der Waals surface area contributed by atoms with Crippen molar-refractivity contribution in [1.29, 1.82) is 0 Å². The van der Waals surface area contributed by atoms with Gasteiger partial charge in [-0.05, 0) is 56.5 Å². The van der Waals surface area contributed by atoms with Crippen molar-refractivity contribution in [3.8, 4) is 0 Å². The van der Waals surface area contributed by atoms with E-state index in [-0.39, 0.29) is 24.0 Å². The van der Waals surface area contributed by atoms with E-state index in [4.69, 9.17) is 0 Å². The van der Waals surface area contributed by atoms with Gasteiger partial charge in [-0.2, -0.15) is 0 Å². The van der Waals surface area contributed by atoms with E-state index in [0.717, 1.165) is 23.3 Å². The molecule has 0 unspecified atom stereocenters. The van der Waals surface area contributed by atoms with Gasteiger partial charge in [0.2, 0.25) is 5.91 Å². The van der Waals surface area contributed by atoms with Gasteiger partial charge in [0.25, 0.3) is 0 Å². The molecule has 3 amide bonds. The lowest BCUT2D eigenvalue weighted by Crippen LogP contribution is -2.52. The lowest BCUT2D eigenvalue weighted by molar-refractivity contribution is -0.133. The smallest absolute Gasteiger partial charge is 0.318 e. The average molecular weight is 414 g/mol. The maximum Gasteiger partial charge on any atom is 0.318 e. The Kier molecular flexibility index (Phi) is 6.96. The minimum atomic E-state index is -0.331. The normalized spacial score (nSPS) is 13.8. The molecule has 0 spiro atoms. The molecular formula is C23H31N3O2S. The molecule has 0 atom stereocenters. The highest BCUT2D eigenvalue weighted by atomic mass is 32.1. The van der Waals surface area contributed by atoms with E-state index < -0.39 is 0 Å². The molecule has 5 nitrogen and oxygen atoms in total. The monoisotopic (exact) mass is 413 g/mol. The van der Waals surface area contributed by atoms with Crippen molar-refractivity contribution in [2.24, 2.45) is 5.92 Å². The van der Waals surface area contributed by atoms with E-state index in [9.17, 15) is 9.59 Å². The predicted molar refractivity (Wildman–Crippen MR) is 118 cm³/mol. The Morgan fingerprint density at radius 1 is 1.03 bits per heavy atom. The fourth-order valence-corrected chi connectivity index (χ4v) is 3.84. The first kappa shape index (κ1) is 21.4. The number of thiophene rings is 1. The summed E-state index contributed by atoms with van der Waals surface area (Å²) in [4.78, 5) is 30.8. The molecule has 1 fully saturated rings. The summed E-state index contributed by atoms with van der Waals surface area (Å²) in [5.41, 5.74) is 0.758. The zero-order valence-corrected chi connectivity index (χ0v) is 18.4. The molecule has 6 heteroatoms. The quantitative estimate of drug-likeness (QED) is 0.693. The van der Waals surface area contributed by atoms with Crippen LogP contribution in [-0.2, 0) is 17.9 Å². The molecule has 1 heterocycles. The van der Waals surface area contributed by atoms with Crippen LogP contribution in [0, 0.1) is 5.92 Å².